The lowest BCUT2D eigenvalue weighted by molar-refractivity contribution is 0.0945. The molecule has 0 bridgehead atoms. The molecule has 0 unspecified atom stereocenters. The molecule has 0 saturated carbocycles. The highest BCUT2D eigenvalue weighted by Gasteiger charge is 2.05. The van der Waals surface area contributed by atoms with Crippen LogP contribution < -0.4 is 10.9 Å². The lowest BCUT2D eigenvalue weighted by Crippen LogP contribution is -2.33. The van der Waals surface area contributed by atoms with Crippen molar-refractivity contribution in [3.63, 3.8) is 0 Å². The van der Waals surface area contributed by atoms with Crippen LogP contribution in [0.3, 0.4) is 0 Å². The third-order valence-electron chi connectivity index (χ3n) is 2.33. The van der Waals surface area contributed by atoms with Crippen molar-refractivity contribution < 1.29 is 4.79 Å². The molecule has 0 radical (unpaired) electrons. The number of amides is 1. The number of rotatable bonds is 5. The minimum atomic E-state index is -0.265. The van der Waals surface area contributed by atoms with Crippen LogP contribution in [0, 0.1) is 0 Å². The molecule has 0 aliphatic heterocycles. The number of hydrogen-bond acceptors (Lipinski definition) is 3. The Morgan fingerprint density at radius 2 is 2.25 bits per heavy atom. The van der Waals surface area contributed by atoms with E-state index in [-0.39, 0.29) is 11.5 Å². The summed E-state index contributed by atoms with van der Waals surface area (Å²) in [5.41, 5.74) is 0.0324. The average molecular weight is 223 g/mol. The van der Waals surface area contributed by atoms with E-state index in [0.29, 0.717) is 12.2 Å². The van der Waals surface area contributed by atoms with Crippen molar-refractivity contribution in [1.82, 2.24) is 15.2 Å². The predicted octanol–water partition coefficient (Wildman–Crippen LogP) is 0.0564. The van der Waals surface area contributed by atoms with Gasteiger partial charge < -0.3 is 15.2 Å². The molecular formula is C11H17N3O2. The third-order valence-corrected chi connectivity index (χ3v) is 2.33. The Morgan fingerprint density at radius 3 is 2.88 bits per heavy atom. The van der Waals surface area contributed by atoms with Gasteiger partial charge in [0.2, 0.25) is 5.56 Å². The van der Waals surface area contributed by atoms with E-state index >= 15 is 0 Å². The smallest absolute Gasteiger partial charge is 0.267 e. The maximum absolute atomic E-state index is 11.6. The van der Waals surface area contributed by atoms with Gasteiger partial charge in [-0.15, -0.1) is 0 Å². The van der Waals surface area contributed by atoms with Crippen LogP contribution in [0.1, 0.15) is 17.4 Å². The molecule has 1 heterocycles. The molecule has 16 heavy (non-hydrogen) atoms. The molecular weight excluding hydrogens is 206 g/mol. The van der Waals surface area contributed by atoms with Crippen molar-refractivity contribution in [2.75, 3.05) is 26.7 Å². The second-order valence-corrected chi connectivity index (χ2v) is 3.58. The number of aromatic nitrogens is 1. The van der Waals surface area contributed by atoms with Gasteiger partial charge in [-0.05, 0) is 19.7 Å². The van der Waals surface area contributed by atoms with E-state index in [1.807, 2.05) is 7.05 Å². The maximum Gasteiger partial charge on any atom is 0.267 e. The lowest BCUT2D eigenvalue weighted by atomic mass is 10.3. The van der Waals surface area contributed by atoms with Crippen molar-refractivity contribution in [1.29, 1.82) is 0 Å². The summed E-state index contributed by atoms with van der Waals surface area (Å²) in [6.45, 7) is 4.36. The number of carbonyl (C=O) groups excluding carboxylic acids is 1. The number of aromatic amines is 1. The highest BCUT2D eigenvalue weighted by Crippen LogP contribution is 1.89. The van der Waals surface area contributed by atoms with Crippen LogP contribution in [0.15, 0.2) is 23.0 Å². The Bertz CT molecular complexity index is 400. The normalized spacial score (nSPS) is 10.4. The molecule has 88 valence electrons. The van der Waals surface area contributed by atoms with Gasteiger partial charge >= 0.3 is 0 Å². The molecule has 1 aromatic heterocycles. The quantitative estimate of drug-likeness (QED) is 0.741. The van der Waals surface area contributed by atoms with E-state index < -0.39 is 0 Å². The second kappa shape index (κ2) is 6.07. The van der Waals surface area contributed by atoms with E-state index in [1.165, 1.54) is 6.07 Å². The maximum atomic E-state index is 11.6. The van der Waals surface area contributed by atoms with Gasteiger partial charge in [0.15, 0.2) is 0 Å². The molecule has 0 saturated heterocycles. The summed E-state index contributed by atoms with van der Waals surface area (Å²) in [5, 5.41) is 2.74. The number of hydrogen-bond donors (Lipinski definition) is 2. The summed E-state index contributed by atoms with van der Waals surface area (Å²) in [6.07, 6.45) is 0. The first-order chi connectivity index (χ1) is 7.63. The Kier molecular flexibility index (Phi) is 4.72. The van der Waals surface area contributed by atoms with Crippen LogP contribution >= 0.6 is 0 Å². The molecule has 0 aliphatic carbocycles. The molecule has 5 heteroatoms. The van der Waals surface area contributed by atoms with Crippen LogP contribution in [0.5, 0.6) is 0 Å². The highest BCUT2D eigenvalue weighted by atomic mass is 16.2. The molecule has 0 spiro atoms. The Balaban J connectivity index is 2.44. The zero-order chi connectivity index (χ0) is 12.0. The van der Waals surface area contributed by atoms with Crippen molar-refractivity contribution in [2.24, 2.45) is 0 Å². The molecule has 0 aromatic carbocycles. The van der Waals surface area contributed by atoms with Crippen LogP contribution in [-0.4, -0.2) is 42.5 Å². The Labute approximate surface area is 94.5 Å². The molecule has 0 fully saturated rings. The van der Waals surface area contributed by atoms with Crippen molar-refractivity contribution in [3.05, 3.63) is 34.2 Å². The zero-order valence-electron chi connectivity index (χ0n) is 9.62. The van der Waals surface area contributed by atoms with Crippen LogP contribution in [0.4, 0.5) is 0 Å². The van der Waals surface area contributed by atoms with E-state index in [4.69, 9.17) is 0 Å². The molecule has 0 atom stereocenters. The van der Waals surface area contributed by atoms with Gasteiger partial charge in [0, 0.05) is 19.2 Å². The summed E-state index contributed by atoms with van der Waals surface area (Å²) < 4.78 is 0. The summed E-state index contributed by atoms with van der Waals surface area (Å²) >= 11 is 0. The first-order valence-corrected chi connectivity index (χ1v) is 5.29. The van der Waals surface area contributed by atoms with E-state index in [9.17, 15) is 9.59 Å². The summed E-state index contributed by atoms with van der Waals surface area (Å²) in [5.74, 6) is -0.248. The van der Waals surface area contributed by atoms with Crippen LogP contribution in [0.2, 0.25) is 0 Å². The molecule has 0 aliphatic rings. The van der Waals surface area contributed by atoms with Crippen molar-refractivity contribution >= 4 is 5.91 Å². The van der Waals surface area contributed by atoms with Gasteiger partial charge in [0.05, 0.1) is 0 Å². The molecule has 1 rings (SSSR count). The standard InChI is InChI=1S/C11H17N3O2/c1-3-14(2)8-7-12-11(16)9-5-4-6-10(15)13-9/h4-6H,3,7-8H2,1-2H3,(H,12,16)(H,13,15). The first kappa shape index (κ1) is 12.4. The number of nitrogens with zero attached hydrogens (tertiary/aromatic N) is 1. The van der Waals surface area contributed by atoms with Gasteiger partial charge in [-0.25, -0.2) is 0 Å². The molecule has 5 nitrogen and oxygen atoms in total. The number of likely N-dealkylation sites (N-methyl/N-ethyl adjacent to an activating group) is 1. The fourth-order valence-electron chi connectivity index (χ4n) is 1.19. The topological polar surface area (TPSA) is 65.2 Å². The first-order valence-electron chi connectivity index (χ1n) is 5.29. The van der Waals surface area contributed by atoms with Crippen molar-refractivity contribution in [3.8, 4) is 0 Å². The van der Waals surface area contributed by atoms with Gasteiger partial charge in [-0.2, -0.15) is 0 Å². The van der Waals surface area contributed by atoms with Crippen LogP contribution in [-0.2, 0) is 0 Å². The molecule has 2 N–H and O–H groups in total. The summed E-state index contributed by atoms with van der Waals surface area (Å²) in [4.78, 5) is 27.1. The number of nitrogens with one attached hydrogen (secondary N) is 2. The minimum absolute atomic E-state index is 0.248. The SMILES string of the molecule is CCN(C)CCNC(=O)c1cccc(=O)[nH]1. The lowest BCUT2D eigenvalue weighted by Gasteiger charge is -2.13. The fraction of sp³-hybridized carbons (Fsp3) is 0.455. The van der Waals surface area contributed by atoms with Crippen molar-refractivity contribution in [2.45, 2.75) is 6.92 Å². The van der Waals surface area contributed by atoms with Gasteiger partial charge in [0.1, 0.15) is 5.69 Å². The minimum Gasteiger partial charge on any atom is -0.349 e. The monoisotopic (exact) mass is 223 g/mol. The number of pyridine rings is 1. The highest BCUT2D eigenvalue weighted by molar-refractivity contribution is 5.92. The summed E-state index contributed by atoms with van der Waals surface area (Å²) in [7, 11) is 1.98. The van der Waals surface area contributed by atoms with Crippen LogP contribution in [0.25, 0.3) is 0 Å². The number of carbonyl (C=O) groups is 1. The van der Waals surface area contributed by atoms with E-state index in [1.54, 1.807) is 12.1 Å². The zero-order valence-corrected chi connectivity index (χ0v) is 9.62. The predicted molar refractivity (Wildman–Crippen MR) is 62.6 cm³/mol. The van der Waals surface area contributed by atoms with Gasteiger partial charge in [0.25, 0.3) is 5.91 Å². The molecule has 1 aromatic rings. The Morgan fingerprint density at radius 1 is 1.50 bits per heavy atom. The fourth-order valence-corrected chi connectivity index (χ4v) is 1.19. The third kappa shape index (κ3) is 3.86. The Hall–Kier alpha value is -1.62. The second-order valence-electron chi connectivity index (χ2n) is 3.58. The largest absolute Gasteiger partial charge is 0.349 e. The van der Waals surface area contributed by atoms with E-state index in [0.717, 1.165) is 13.1 Å². The van der Waals surface area contributed by atoms with Gasteiger partial charge in [-0.3, -0.25) is 9.59 Å². The molecule has 1 amide bonds. The van der Waals surface area contributed by atoms with E-state index in [2.05, 4.69) is 22.1 Å². The van der Waals surface area contributed by atoms with Gasteiger partial charge in [-0.1, -0.05) is 13.0 Å². The average Bonchev–Trinajstić information content (AvgIpc) is 2.28. The summed E-state index contributed by atoms with van der Waals surface area (Å²) in [6, 6.07) is 4.52. The number of H-pyrrole nitrogens is 1.